The molecule has 0 radical (unpaired) electrons. The third kappa shape index (κ3) is 5.81. The van der Waals surface area contributed by atoms with E-state index in [1.807, 2.05) is 6.07 Å². The Morgan fingerprint density at radius 3 is 2.75 bits per heavy atom. The average molecular weight is 318 g/mol. The van der Waals surface area contributed by atoms with Crippen LogP contribution in [0, 0.1) is 0 Å². The Bertz CT molecular complexity index is 469. The van der Waals surface area contributed by atoms with Gasteiger partial charge in [0.25, 0.3) is 0 Å². The number of thioether (sulfide) groups is 1. The highest BCUT2D eigenvalue weighted by atomic mass is 35.5. The van der Waals surface area contributed by atoms with Crippen LogP contribution >= 0.6 is 23.4 Å². The number of carboxylic acids is 1. The zero-order valence-electron chi connectivity index (χ0n) is 11.0. The number of carbonyl (C=O) groups is 2. The summed E-state index contributed by atoms with van der Waals surface area (Å²) in [5.41, 5.74) is 0. The van der Waals surface area contributed by atoms with Gasteiger partial charge in [-0.1, -0.05) is 23.7 Å². The van der Waals surface area contributed by atoms with Crippen molar-refractivity contribution in [2.75, 3.05) is 19.5 Å². The lowest BCUT2D eigenvalue weighted by Gasteiger charge is -2.14. The second-order valence-electron chi connectivity index (χ2n) is 3.96. The van der Waals surface area contributed by atoms with Gasteiger partial charge in [-0.3, -0.25) is 4.79 Å². The maximum absolute atomic E-state index is 11.7. The van der Waals surface area contributed by atoms with Crippen LogP contribution in [0.3, 0.4) is 0 Å². The molecule has 1 rings (SSSR count). The lowest BCUT2D eigenvalue weighted by atomic mass is 10.2. The third-order valence-corrected chi connectivity index (χ3v) is 3.95. The summed E-state index contributed by atoms with van der Waals surface area (Å²) in [6, 6.07) is 6.23. The molecule has 1 unspecified atom stereocenters. The first-order chi connectivity index (χ1) is 9.54. The molecule has 0 heterocycles. The second kappa shape index (κ2) is 8.84. The largest absolute Gasteiger partial charge is 0.480 e. The molecule has 1 aromatic rings. The minimum atomic E-state index is -1.07. The van der Waals surface area contributed by atoms with Crippen molar-refractivity contribution in [3.63, 3.8) is 0 Å². The lowest BCUT2D eigenvalue weighted by Crippen LogP contribution is -2.42. The standard InChI is InChI=1S/C13H16ClNO4S/c1-19-7-6-10(13(17)18)15-12(16)8-20-11-5-3-2-4-9(11)14/h2-5,10H,6-8H2,1H3,(H,15,16)(H,17,18). The number of carbonyl (C=O) groups excluding carboxylic acids is 1. The number of ether oxygens (including phenoxy) is 1. The SMILES string of the molecule is COCCC(NC(=O)CSc1ccccc1Cl)C(=O)O. The number of amides is 1. The monoisotopic (exact) mass is 317 g/mol. The van der Waals surface area contributed by atoms with Gasteiger partial charge in [-0.2, -0.15) is 0 Å². The molecule has 2 N–H and O–H groups in total. The summed E-state index contributed by atoms with van der Waals surface area (Å²) in [7, 11) is 1.48. The minimum absolute atomic E-state index is 0.112. The van der Waals surface area contributed by atoms with Gasteiger partial charge in [-0.25, -0.2) is 4.79 Å². The number of aliphatic carboxylic acids is 1. The van der Waals surface area contributed by atoms with E-state index in [-0.39, 0.29) is 24.7 Å². The molecule has 1 aromatic carbocycles. The molecular weight excluding hydrogens is 302 g/mol. The van der Waals surface area contributed by atoms with E-state index in [9.17, 15) is 9.59 Å². The molecule has 0 saturated carbocycles. The average Bonchev–Trinajstić information content (AvgIpc) is 2.42. The number of rotatable bonds is 8. The Balaban J connectivity index is 2.46. The molecule has 1 atom stereocenters. The number of carboxylic acid groups (broad SMARTS) is 1. The summed E-state index contributed by atoms with van der Waals surface area (Å²) >= 11 is 7.23. The van der Waals surface area contributed by atoms with Crippen molar-refractivity contribution in [1.82, 2.24) is 5.32 Å². The van der Waals surface area contributed by atoms with Crippen molar-refractivity contribution in [2.45, 2.75) is 17.4 Å². The molecule has 1 amide bonds. The molecular formula is C13H16ClNO4S. The predicted molar refractivity (Wildman–Crippen MR) is 78.2 cm³/mol. The molecule has 0 aliphatic carbocycles. The zero-order chi connectivity index (χ0) is 15.0. The first-order valence-corrected chi connectivity index (χ1v) is 7.29. The van der Waals surface area contributed by atoms with Crippen molar-refractivity contribution in [2.24, 2.45) is 0 Å². The Morgan fingerprint density at radius 1 is 1.45 bits per heavy atom. The van der Waals surface area contributed by atoms with Crippen molar-refractivity contribution >= 4 is 35.2 Å². The first kappa shape index (κ1) is 16.8. The van der Waals surface area contributed by atoms with E-state index in [0.717, 1.165) is 4.90 Å². The highest BCUT2D eigenvalue weighted by Crippen LogP contribution is 2.26. The minimum Gasteiger partial charge on any atom is -0.480 e. The van der Waals surface area contributed by atoms with Gasteiger partial charge in [0.1, 0.15) is 6.04 Å². The molecule has 0 bridgehead atoms. The van der Waals surface area contributed by atoms with Crippen LogP contribution in [0.1, 0.15) is 6.42 Å². The molecule has 0 aliphatic heterocycles. The Labute approximate surface area is 126 Å². The van der Waals surface area contributed by atoms with Gasteiger partial charge >= 0.3 is 5.97 Å². The fourth-order valence-corrected chi connectivity index (χ4v) is 2.48. The number of nitrogens with one attached hydrogen (secondary N) is 1. The Hall–Kier alpha value is -1.24. The van der Waals surface area contributed by atoms with Gasteiger partial charge in [0, 0.05) is 25.0 Å². The smallest absolute Gasteiger partial charge is 0.326 e. The van der Waals surface area contributed by atoms with Gasteiger partial charge < -0.3 is 15.2 Å². The van der Waals surface area contributed by atoms with Gasteiger partial charge in [-0.05, 0) is 12.1 Å². The summed E-state index contributed by atoms with van der Waals surface area (Å²) < 4.78 is 4.81. The van der Waals surface area contributed by atoms with E-state index in [4.69, 9.17) is 21.4 Å². The predicted octanol–water partition coefficient (Wildman–Crippen LogP) is 2.04. The molecule has 110 valence electrons. The van der Waals surface area contributed by atoms with E-state index in [1.165, 1.54) is 18.9 Å². The van der Waals surface area contributed by atoms with E-state index in [2.05, 4.69) is 5.32 Å². The number of methoxy groups -OCH3 is 1. The Morgan fingerprint density at radius 2 is 2.15 bits per heavy atom. The normalized spacial score (nSPS) is 11.9. The number of hydrogen-bond donors (Lipinski definition) is 2. The van der Waals surface area contributed by atoms with Crippen molar-refractivity contribution < 1.29 is 19.4 Å². The number of benzene rings is 1. The van der Waals surface area contributed by atoms with Crippen LogP contribution < -0.4 is 5.32 Å². The van der Waals surface area contributed by atoms with Crippen LogP contribution in [0.15, 0.2) is 29.2 Å². The second-order valence-corrected chi connectivity index (χ2v) is 5.38. The number of hydrogen-bond acceptors (Lipinski definition) is 4. The molecule has 0 fully saturated rings. The van der Waals surface area contributed by atoms with E-state index >= 15 is 0 Å². The third-order valence-electron chi connectivity index (χ3n) is 2.44. The molecule has 0 aromatic heterocycles. The topological polar surface area (TPSA) is 75.6 Å². The fraction of sp³-hybridized carbons (Fsp3) is 0.385. The van der Waals surface area contributed by atoms with Crippen LogP contribution in [-0.4, -0.2) is 42.5 Å². The van der Waals surface area contributed by atoms with Crippen molar-refractivity contribution in [3.05, 3.63) is 29.3 Å². The van der Waals surface area contributed by atoms with Crippen LogP contribution in [0.2, 0.25) is 5.02 Å². The highest BCUT2D eigenvalue weighted by molar-refractivity contribution is 8.00. The summed E-state index contributed by atoms with van der Waals surface area (Å²) in [5, 5.41) is 12.0. The van der Waals surface area contributed by atoms with E-state index in [1.54, 1.807) is 18.2 Å². The summed E-state index contributed by atoms with van der Waals surface area (Å²) in [6.45, 7) is 0.273. The number of halogens is 1. The van der Waals surface area contributed by atoms with Gasteiger partial charge in [0.05, 0.1) is 10.8 Å². The zero-order valence-corrected chi connectivity index (χ0v) is 12.5. The van der Waals surface area contributed by atoms with Crippen molar-refractivity contribution in [3.8, 4) is 0 Å². The maximum Gasteiger partial charge on any atom is 0.326 e. The van der Waals surface area contributed by atoms with Crippen LogP contribution in [0.5, 0.6) is 0 Å². The van der Waals surface area contributed by atoms with Crippen LogP contribution in [0.25, 0.3) is 0 Å². The van der Waals surface area contributed by atoms with Crippen LogP contribution in [0.4, 0.5) is 0 Å². The van der Waals surface area contributed by atoms with E-state index < -0.39 is 12.0 Å². The van der Waals surface area contributed by atoms with Gasteiger partial charge in [-0.15, -0.1) is 11.8 Å². The summed E-state index contributed by atoms with van der Waals surface area (Å²) in [4.78, 5) is 23.5. The van der Waals surface area contributed by atoms with E-state index in [0.29, 0.717) is 5.02 Å². The summed E-state index contributed by atoms with van der Waals surface area (Å²) in [6.07, 6.45) is 0.230. The van der Waals surface area contributed by atoms with Gasteiger partial charge in [0.15, 0.2) is 0 Å². The van der Waals surface area contributed by atoms with Crippen LogP contribution in [-0.2, 0) is 14.3 Å². The fourth-order valence-electron chi connectivity index (χ4n) is 1.43. The maximum atomic E-state index is 11.7. The molecule has 20 heavy (non-hydrogen) atoms. The highest BCUT2D eigenvalue weighted by Gasteiger charge is 2.19. The molecule has 0 aliphatic rings. The summed E-state index contributed by atoms with van der Waals surface area (Å²) in [5.74, 6) is -1.31. The Kier molecular flexibility index (Phi) is 7.43. The molecule has 0 spiro atoms. The molecule has 0 saturated heterocycles. The van der Waals surface area contributed by atoms with Gasteiger partial charge in [0.2, 0.25) is 5.91 Å². The first-order valence-electron chi connectivity index (χ1n) is 5.93. The quantitative estimate of drug-likeness (QED) is 0.718. The molecule has 5 nitrogen and oxygen atoms in total. The van der Waals surface area contributed by atoms with Crippen molar-refractivity contribution in [1.29, 1.82) is 0 Å². The molecule has 7 heteroatoms. The lowest BCUT2D eigenvalue weighted by molar-refractivity contribution is -0.142.